The topological polar surface area (TPSA) is 49.9 Å². The summed E-state index contributed by atoms with van der Waals surface area (Å²) in [4.78, 5) is 25.3. The average Bonchev–Trinajstić information content (AvgIpc) is 2.59. The van der Waals surface area contributed by atoms with E-state index in [4.69, 9.17) is 0 Å². The lowest BCUT2D eigenvalue weighted by molar-refractivity contribution is 0.100. The molecular formula is C12H11NO2. The minimum atomic E-state index is -0.00410. The second kappa shape index (κ2) is 3.35. The zero-order valence-electron chi connectivity index (χ0n) is 8.63. The first-order valence-electron chi connectivity index (χ1n) is 4.72. The largest absolute Gasteiger partial charge is 0.352 e. The van der Waals surface area contributed by atoms with Gasteiger partial charge in [-0.05, 0) is 19.1 Å². The van der Waals surface area contributed by atoms with E-state index in [9.17, 15) is 9.59 Å². The quantitative estimate of drug-likeness (QED) is 0.759. The Kier molecular flexibility index (Phi) is 2.15. The fourth-order valence-corrected chi connectivity index (χ4v) is 1.54. The summed E-state index contributed by atoms with van der Waals surface area (Å²) in [6.45, 7) is 3.03. The van der Waals surface area contributed by atoms with Crippen molar-refractivity contribution in [3.05, 3.63) is 35.5 Å². The van der Waals surface area contributed by atoms with Gasteiger partial charge in [0.1, 0.15) is 0 Å². The molecule has 15 heavy (non-hydrogen) atoms. The van der Waals surface area contributed by atoms with Crippen molar-refractivity contribution >= 4 is 22.5 Å². The number of carbonyl (C=O) groups excluding carboxylic acids is 2. The Morgan fingerprint density at radius 2 is 1.80 bits per heavy atom. The lowest BCUT2D eigenvalue weighted by atomic mass is 10.1. The molecule has 0 spiro atoms. The van der Waals surface area contributed by atoms with Crippen LogP contribution in [0.1, 0.15) is 34.7 Å². The second-order valence-electron chi connectivity index (χ2n) is 3.60. The van der Waals surface area contributed by atoms with E-state index in [0.29, 0.717) is 11.3 Å². The van der Waals surface area contributed by atoms with Crippen LogP contribution in [-0.4, -0.2) is 16.6 Å². The number of ketones is 2. The molecule has 0 aliphatic rings. The van der Waals surface area contributed by atoms with Gasteiger partial charge in [-0.25, -0.2) is 0 Å². The summed E-state index contributed by atoms with van der Waals surface area (Å²) in [7, 11) is 0. The van der Waals surface area contributed by atoms with Gasteiger partial charge in [0.2, 0.25) is 0 Å². The molecule has 76 valence electrons. The lowest BCUT2D eigenvalue weighted by Gasteiger charge is -1.94. The van der Waals surface area contributed by atoms with Crippen LogP contribution in [0.25, 0.3) is 10.9 Å². The van der Waals surface area contributed by atoms with Crippen molar-refractivity contribution in [3.8, 4) is 0 Å². The fraction of sp³-hybridized carbons (Fsp3) is 0.167. The van der Waals surface area contributed by atoms with Gasteiger partial charge in [-0.3, -0.25) is 9.59 Å². The third kappa shape index (κ3) is 1.68. The zero-order chi connectivity index (χ0) is 11.0. The van der Waals surface area contributed by atoms with Gasteiger partial charge in [0, 0.05) is 23.4 Å². The van der Waals surface area contributed by atoms with E-state index in [1.54, 1.807) is 18.2 Å². The number of hydrogen-bond acceptors (Lipinski definition) is 2. The molecule has 0 saturated carbocycles. The van der Waals surface area contributed by atoms with Gasteiger partial charge in [-0.2, -0.15) is 0 Å². The van der Waals surface area contributed by atoms with Gasteiger partial charge in [-0.1, -0.05) is 12.1 Å². The van der Waals surface area contributed by atoms with Crippen LogP contribution in [0.4, 0.5) is 0 Å². The maximum absolute atomic E-state index is 11.1. The zero-order valence-corrected chi connectivity index (χ0v) is 8.63. The molecular weight excluding hydrogens is 190 g/mol. The van der Waals surface area contributed by atoms with Crippen LogP contribution >= 0.6 is 0 Å². The Hall–Kier alpha value is -1.90. The summed E-state index contributed by atoms with van der Waals surface area (Å²) >= 11 is 0. The van der Waals surface area contributed by atoms with Crippen LogP contribution in [0.2, 0.25) is 0 Å². The van der Waals surface area contributed by atoms with Crippen molar-refractivity contribution < 1.29 is 9.59 Å². The summed E-state index contributed by atoms with van der Waals surface area (Å²) in [5, 5.41) is 0.949. The maximum Gasteiger partial charge on any atom is 0.175 e. The maximum atomic E-state index is 11.1. The molecule has 0 atom stereocenters. The van der Waals surface area contributed by atoms with Gasteiger partial charge >= 0.3 is 0 Å². The van der Waals surface area contributed by atoms with Crippen molar-refractivity contribution in [1.29, 1.82) is 0 Å². The highest BCUT2D eigenvalue weighted by atomic mass is 16.1. The number of carbonyl (C=O) groups is 2. The van der Waals surface area contributed by atoms with Crippen LogP contribution in [0.3, 0.4) is 0 Å². The fourth-order valence-electron chi connectivity index (χ4n) is 1.54. The molecule has 0 unspecified atom stereocenters. The molecule has 1 aromatic carbocycles. The molecule has 1 heterocycles. The van der Waals surface area contributed by atoms with Gasteiger partial charge in [0.05, 0.1) is 5.69 Å². The first-order valence-corrected chi connectivity index (χ1v) is 4.72. The number of aromatic amines is 1. The molecule has 3 nitrogen and oxygen atoms in total. The first kappa shape index (κ1) is 9.65. The lowest BCUT2D eigenvalue weighted by Crippen LogP contribution is -1.91. The monoisotopic (exact) mass is 201 g/mol. The number of rotatable bonds is 2. The summed E-state index contributed by atoms with van der Waals surface area (Å²) < 4.78 is 0. The summed E-state index contributed by atoms with van der Waals surface area (Å²) in [5.74, 6) is 0.0199. The van der Waals surface area contributed by atoms with E-state index in [1.807, 2.05) is 6.07 Å². The van der Waals surface area contributed by atoms with Gasteiger partial charge in [0.15, 0.2) is 11.6 Å². The number of aromatic nitrogens is 1. The number of fused-ring (bicyclic) bond motifs is 1. The third-order valence-electron chi connectivity index (χ3n) is 2.41. The first-order chi connectivity index (χ1) is 7.08. The van der Waals surface area contributed by atoms with Crippen LogP contribution < -0.4 is 0 Å². The molecule has 0 saturated heterocycles. The van der Waals surface area contributed by atoms with Crippen molar-refractivity contribution in [2.24, 2.45) is 0 Å². The molecule has 0 aliphatic carbocycles. The Balaban J connectivity index is 2.62. The molecule has 3 heteroatoms. The Labute approximate surface area is 87.1 Å². The predicted octanol–water partition coefficient (Wildman–Crippen LogP) is 2.57. The van der Waals surface area contributed by atoms with Crippen LogP contribution in [-0.2, 0) is 0 Å². The molecule has 0 fully saturated rings. The van der Waals surface area contributed by atoms with Gasteiger partial charge in [-0.15, -0.1) is 0 Å². The highest BCUT2D eigenvalue weighted by Gasteiger charge is 2.06. The van der Waals surface area contributed by atoms with Crippen molar-refractivity contribution in [1.82, 2.24) is 4.98 Å². The Bertz CT molecular complexity index is 540. The highest BCUT2D eigenvalue weighted by molar-refractivity contribution is 6.01. The normalized spacial score (nSPS) is 10.5. The van der Waals surface area contributed by atoms with Crippen molar-refractivity contribution in [2.45, 2.75) is 13.8 Å². The summed E-state index contributed by atoms with van der Waals surface area (Å²) in [6.07, 6.45) is 0. The number of hydrogen-bond donors (Lipinski definition) is 1. The minimum Gasteiger partial charge on any atom is -0.352 e. The Morgan fingerprint density at radius 3 is 2.40 bits per heavy atom. The molecule has 0 bridgehead atoms. The smallest absolute Gasteiger partial charge is 0.175 e. The molecule has 0 aliphatic heterocycles. The minimum absolute atomic E-state index is 0.00410. The third-order valence-corrected chi connectivity index (χ3v) is 2.41. The SMILES string of the molecule is CC(=O)c1ccc2cc(C(C)=O)[nH]c2c1. The second-order valence-corrected chi connectivity index (χ2v) is 3.60. The van der Waals surface area contributed by atoms with Gasteiger partial charge in [0.25, 0.3) is 0 Å². The molecule has 0 radical (unpaired) electrons. The Morgan fingerprint density at radius 1 is 1.07 bits per heavy atom. The molecule has 2 aromatic rings. The van der Waals surface area contributed by atoms with Crippen LogP contribution in [0, 0.1) is 0 Å². The number of Topliss-reactive ketones (excluding diaryl/α,β-unsaturated/α-hetero) is 2. The molecule has 1 N–H and O–H groups in total. The standard InChI is InChI=1S/C12H11NO2/c1-7(14)9-3-4-10-6-11(8(2)15)13-12(10)5-9/h3-6,13H,1-2H3. The summed E-state index contributed by atoms with van der Waals surface area (Å²) in [6, 6.07) is 7.17. The van der Waals surface area contributed by atoms with E-state index in [-0.39, 0.29) is 11.6 Å². The highest BCUT2D eigenvalue weighted by Crippen LogP contribution is 2.17. The van der Waals surface area contributed by atoms with E-state index in [2.05, 4.69) is 4.98 Å². The van der Waals surface area contributed by atoms with Crippen molar-refractivity contribution in [2.75, 3.05) is 0 Å². The predicted molar refractivity (Wildman–Crippen MR) is 58.3 cm³/mol. The molecule has 1 aromatic heterocycles. The number of nitrogens with one attached hydrogen (secondary N) is 1. The number of H-pyrrole nitrogens is 1. The van der Waals surface area contributed by atoms with Crippen LogP contribution in [0.5, 0.6) is 0 Å². The van der Waals surface area contributed by atoms with E-state index >= 15 is 0 Å². The van der Waals surface area contributed by atoms with E-state index < -0.39 is 0 Å². The summed E-state index contributed by atoms with van der Waals surface area (Å²) in [5.41, 5.74) is 2.05. The van der Waals surface area contributed by atoms with Crippen molar-refractivity contribution in [3.63, 3.8) is 0 Å². The molecule has 0 amide bonds. The number of benzene rings is 1. The van der Waals surface area contributed by atoms with Crippen LogP contribution in [0.15, 0.2) is 24.3 Å². The van der Waals surface area contributed by atoms with E-state index in [0.717, 1.165) is 10.9 Å². The average molecular weight is 201 g/mol. The molecule has 2 rings (SSSR count). The van der Waals surface area contributed by atoms with E-state index in [1.165, 1.54) is 13.8 Å². The van der Waals surface area contributed by atoms with Gasteiger partial charge < -0.3 is 4.98 Å².